The number of fused-ring (bicyclic) bond motifs is 3. The van der Waals surface area contributed by atoms with Crippen molar-refractivity contribution in [1.29, 1.82) is 0 Å². The van der Waals surface area contributed by atoms with Crippen LogP contribution in [0.4, 0.5) is 5.95 Å². The standard InChI is InChI=1S/C28H25ClN6O/c1-18-8-10-21(11-9-18)27(36)34-15-14-33(17-19(34)2)28-30-24-16-22(29)12-13-23(24)26-32-31-25(35(26)28)20-6-4-3-5-7-20/h3-13,16,19H,14-15,17H2,1-2H3/t19-/m0/s1. The number of hydrogen-bond donors (Lipinski definition) is 0. The minimum atomic E-state index is -0.00360. The number of rotatable bonds is 3. The fraction of sp³-hybridized carbons (Fsp3) is 0.214. The number of carbonyl (C=O) groups is 1. The summed E-state index contributed by atoms with van der Waals surface area (Å²) in [7, 11) is 0. The van der Waals surface area contributed by atoms with Crippen molar-refractivity contribution in [2.45, 2.75) is 19.9 Å². The smallest absolute Gasteiger partial charge is 0.254 e. The minimum Gasteiger partial charge on any atom is -0.338 e. The Balaban J connectivity index is 1.41. The van der Waals surface area contributed by atoms with Crippen LogP contribution in [0.1, 0.15) is 22.8 Å². The molecule has 0 unspecified atom stereocenters. The largest absolute Gasteiger partial charge is 0.338 e. The second-order valence-corrected chi connectivity index (χ2v) is 9.72. The van der Waals surface area contributed by atoms with Gasteiger partial charge in [0.1, 0.15) is 0 Å². The van der Waals surface area contributed by atoms with Crippen molar-refractivity contribution in [2.24, 2.45) is 0 Å². The van der Waals surface area contributed by atoms with Gasteiger partial charge in [-0.05, 0) is 44.2 Å². The van der Waals surface area contributed by atoms with Crippen molar-refractivity contribution in [3.05, 3.63) is 88.9 Å². The van der Waals surface area contributed by atoms with Crippen LogP contribution in [0.2, 0.25) is 5.02 Å². The Morgan fingerprint density at radius 3 is 2.50 bits per heavy atom. The number of amides is 1. The topological polar surface area (TPSA) is 66.6 Å². The van der Waals surface area contributed by atoms with Gasteiger partial charge in [-0.2, -0.15) is 0 Å². The van der Waals surface area contributed by atoms with Crippen molar-refractivity contribution in [3.63, 3.8) is 0 Å². The molecule has 0 bridgehead atoms. The zero-order valence-electron chi connectivity index (χ0n) is 20.1. The number of nitrogens with zero attached hydrogens (tertiary/aromatic N) is 6. The highest BCUT2D eigenvalue weighted by molar-refractivity contribution is 6.31. The number of benzene rings is 3. The molecule has 5 aromatic rings. The van der Waals surface area contributed by atoms with E-state index < -0.39 is 0 Å². The van der Waals surface area contributed by atoms with Gasteiger partial charge < -0.3 is 9.80 Å². The van der Waals surface area contributed by atoms with E-state index in [4.69, 9.17) is 16.6 Å². The first kappa shape index (κ1) is 22.5. The number of anilines is 1. The highest BCUT2D eigenvalue weighted by Crippen LogP contribution is 2.31. The van der Waals surface area contributed by atoms with Crippen LogP contribution < -0.4 is 4.90 Å². The Labute approximate surface area is 214 Å². The third kappa shape index (κ3) is 3.85. The van der Waals surface area contributed by atoms with Crippen LogP contribution in [0.25, 0.3) is 27.9 Å². The molecule has 0 N–H and O–H groups in total. The number of hydrogen-bond acceptors (Lipinski definition) is 5. The first-order valence-electron chi connectivity index (χ1n) is 12.0. The Kier molecular flexibility index (Phi) is 5.57. The molecule has 1 aliphatic heterocycles. The summed E-state index contributed by atoms with van der Waals surface area (Å²) in [6.45, 7) is 5.97. The Morgan fingerprint density at radius 1 is 0.972 bits per heavy atom. The molecule has 36 heavy (non-hydrogen) atoms. The fourth-order valence-electron chi connectivity index (χ4n) is 4.88. The lowest BCUT2D eigenvalue weighted by molar-refractivity contribution is 0.0673. The van der Waals surface area contributed by atoms with Crippen molar-refractivity contribution < 1.29 is 4.79 Å². The molecule has 1 atom stereocenters. The van der Waals surface area contributed by atoms with Crippen molar-refractivity contribution in [2.75, 3.05) is 24.5 Å². The normalized spacial score (nSPS) is 16.1. The van der Waals surface area contributed by atoms with Crippen molar-refractivity contribution in [3.8, 4) is 11.4 Å². The summed E-state index contributed by atoms with van der Waals surface area (Å²) in [6.07, 6.45) is 0. The van der Waals surface area contributed by atoms with Gasteiger partial charge in [0.2, 0.25) is 5.95 Å². The molecule has 0 radical (unpaired) electrons. The second kappa shape index (κ2) is 8.91. The molecule has 2 aromatic heterocycles. The summed E-state index contributed by atoms with van der Waals surface area (Å²) in [6, 6.07) is 23.4. The summed E-state index contributed by atoms with van der Waals surface area (Å²) >= 11 is 6.31. The van der Waals surface area contributed by atoms with E-state index in [1.54, 1.807) is 0 Å². The van der Waals surface area contributed by atoms with E-state index in [1.165, 1.54) is 0 Å². The van der Waals surface area contributed by atoms with Crippen LogP contribution in [0.3, 0.4) is 0 Å². The molecular weight excluding hydrogens is 472 g/mol. The maximum atomic E-state index is 13.2. The lowest BCUT2D eigenvalue weighted by atomic mass is 10.1. The number of carbonyl (C=O) groups excluding carboxylic acids is 1. The van der Waals surface area contributed by atoms with Gasteiger partial charge in [-0.1, -0.05) is 59.6 Å². The number of aromatic nitrogens is 4. The first-order valence-corrected chi connectivity index (χ1v) is 12.4. The van der Waals surface area contributed by atoms with Gasteiger partial charge in [0.25, 0.3) is 5.91 Å². The molecule has 8 heteroatoms. The molecule has 1 saturated heterocycles. The summed E-state index contributed by atoms with van der Waals surface area (Å²) < 4.78 is 2.02. The van der Waals surface area contributed by atoms with Gasteiger partial charge in [0.15, 0.2) is 11.5 Å². The quantitative estimate of drug-likeness (QED) is 0.341. The van der Waals surface area contributed by atoms with Crippen LogP contribution in [-0.4, -0.2) is 56.1 Å². The maximum absolute atomic E-state index is 13.2. The highest BCUT2D eigenvalue weighted by atomic mass is 35.5. The predicted octanol–water partition coefficient (Wildman–Crippen LogP) is 5.26. The van der Waals surface area contributed by atoms with Crippen LogP contribution in [0.15, 0.2) is 72.8 Å². The Bertz CT molecular complexity index is 1580. The van der Waals surface area contributed by atoms with Crippen molar-refractivity contribution in [1.82, 2.24) is 24.5 Å². The molecule has 3 heterocycles. The average Bonchev–Trinajstić information content (AvgIpc) is 3.34. The second-order valence-electron chi connectivity index (χ2n) is 9.28. The summed E-state index contributed by atoms with van der Waals surface area (Å²) in [5.41, 5.74) is 4.31. The number of halogens is 1. The fourth-order valence-corrected chi connectivity index (χ4v) is 5.05. The molecule has 1 aliphatic rings. The molecule has 6 rings (SSSR count). The highest BCUT2D eigenvalue weighted by Gasteiger charge is 2.31. The van der Waals surface area contributed by atoms with Gasteiger partial charge in [0.05, 0.1) is 5.52 Å². The van der Waals surface area contributed by atoms with Crippen LogP contribution in [0.5, 0.6) is 0 Å². The number of piperazine rings is 1. The van der Waals surface area contributed by atoms with Crippen LogP contribution in [-0.2, 0) is 0 Å². The predicted molar refractivity (Wildman–Crippen MR) is 143 cm³/mol. The maximum Gasteiger partial charge on any atom is 0.254 e. The zero-order valence-corrected chi connectivity index (χ0v) is 20.9. The van der Waals surface area contributed by atoms with E-state index in [0.29, 0.717) is 30.2 Å². The van der Waals surface area contributed by atoms with Gasteiger partial charge in [0, 0.05) is 47.2 Å². The lowest BCUT2D eigenvalue weighted by Crippen LogP contribution is -2.54. The molecular formula is C28H25ClN6O. The van der Waals surface area contributed by atoms with E-state index in [9.17, 15) is 4.79 Å². The van der Waals surface area contributed by atoms with Gasteiger partial charge in [-0.25, -0.2) is 9.38 Å². The van der Waals surface area contributed by atoms with E-state index in [0.717, 1.165) is 39.4 Å². The monoisotopic (exact) mass is 496 g/mol. The Morgan fingerprint density at radius 2 is 1.75 bits per heavy atom. The van der Waals surface area contributed by atoms with E-state index in [-0.39, 0.29) is 11.9 Å². The van der Waals surface area contributed by atoms with Gasteiger partial charge in [-0.15, -0.1) is 10.2 Å². The molecule has 1 amide bonds. The molecule has 1 fully saturated rings. The van der Waals surface area contributed by atoms with E-state index in [2.05, 4.69) is 22.0 Å². The molecule has 3 aromatic carbocycles. The third-order valence-corrected chi connectivity index (χ3v) is 7.02. The molecule has 7 nitrogen and oxygen atoms in total. The summed E-state index contributed by atoms with van der Waals surface area (Å²) in [4.78, 5) is 22.4. The van der Waals surface area contributed by atoms with Crippen LogP contribution >= 0.6 is 11.6 Å². The minimum absolute atomic E-state index is 0.00360. The lowest BCUT2D eigenvalue weighted by Gasteiger charge is -2.40. The average molecular weight is 497 g/mol. The summed E-state index contributed by atoms with van der Waals surface area (Å²) in [5, 5.41) is 10.6. The Hall–Kier alpha value is -3.97. The SMILES string of the molecule is Cc1ccc(C(=O)N2CCN(c3nc4cc(Cl)ccc4c4nnc(-c5ccccc5)n34)C[C@@H]2C)cc1. The molecule has 180 valence electrons. The van der Waals surface area contributed by atoms with Crippen molar-refractivity contribution >= 4 is 40.0 Å². The molecule has 0 saturated carbocycles. The molecule has 0 spiro atoms. The van der Waals surface area contributed by atoms with E-state index >= 15 is 0 Å². The summed E-state index contributed by atoms with van der Waals surface area (Å²) in [5.74, 6) is 1.54. The first-order chi connectivity index (χ1) is 17.5. The molecule has 0 aliphatic carbocycles. The third-order valence-electron chi connectivity index (χ3n) is 6.79. The van der Waals surface area contributed by atoms with Gasteiger partial charge in [-0.3, -0.25) is 4.79 Å². The van der Waals surface area contributed by atoms with Crippen LogP contribution in [0, 0.1) is 6.92 Å². The zero-order chi connectivity index (χ0) is 24.8. The van der Waals surface area contributed by atoms with E-state index in [1.807, 2.05) is 89.0 Å². The van der Waals surface area contributed by atoms with Gasteiger partial charge >= 0.3 is 0 Å². The number of aryl methyl sites for hydroxylation is 1.